The molecule has 0 radical (unpaired) electrons. The van der Waals surface area contributed by atoms with E-state index in [4.69, 9.17) is 4.98 Å². The molecule has 0 spiro atoms. The first kappa shape index (κ1) is 35.7. The summed E-state index contributed by atoms with van der Waals surface area (Å²) in [5.41, 5.74) is 0.740. The molecule has 11 nitrogen and oxygen atoms in total. The number of carbonyl (C=O) groups is 4. The van der Waals surface area contributed by atoms with E-state index in [2.05, 4.69) is 27.9 Å². The van der Waals surface area contributed by atoms with Gasteiger partial charge in [0, 0.05) is 67.9 Å². The lowest BCUT2D eigenvalue weighted by molar-refractivity contribution is -0.145. The molecule has 1 aromatic heterocycles. The third-order valence-electron chi connectivity index (χ3n) is 10.3. The minimum atomic E-state index is -0.487. The predicted molar refractivity (Wildman–Crippen MR) is 184 cm³/mol. The highest BCUT2D eigenvalue weighted by molar-refractivity contribution is 7.11. The lowest BCUT2D eigenvalue weighted by atomic mass is 9.92. The zero-order valence-corrected chi connectivity index (χ0v) is 30.1. The van der Waals surface area contributed by atoms with Crippen LogP contribution < -0.4 is 16.0 Å². The van der Waals surface area contributed by atoms with Crippen LogP contribution in [0.15, 0.2) is 0 Å². The summed E-state index contributed by atoms with van der Waals surface area (Å²) in [7, 11) is 2.15. The summed E-state index contributed by atoms with van der Waals surface area (Å²) in [6.45, 7) is 12.7. The highest BCUT2D eigenvalue weighted by atomic mass is 32.1. The van der Waals surface area contributed by atoms with E-state index in [0.29, 0.717) is 51.5 Å². The topological polar surface area (TPSA) is 127 Å². The summed E-state index contributed by atoms with van der Waals surface area (Å²) in [6.07, 6.45) is 7.40. The highest BCUT2D eigenvalue weighted by Gasteiger charge is 2.43. The average Bonchev–Trinajstić information content (AvgIpc) is 3.59. The standard InChI is InChI=1S/C35H57N7O4S/c1-23-28-20-30(43)38-26(8-6-7-13-36-31(44)21-35(2,3)4)19-32(45)42-22-27(37-25-11-14-40(5)15-12-25)18-29(42)34(46)41-16-9-24(10-17-41)33(39-28)47-23/h24-27,29,37H,6-22H2,1-5H3,(H,36,44)(H,38,43)/t26-,27-,29-/m0/s1. The first-order valence-electron chi connectivity index (χ1n) is 17.9. The van der Waals surface area contributed by atoms with E-state index in [0.717, 1.165) is 67.2 Å². The molecule has 3 fully saturated rings. The van der Waals surface area contributed by atoms with Crippen molar-refractivity contribution in [2.45, 2.75) is 128 Å². The predicted octanol–water partition coefficient (Wildman–Crippen LogP) is 2.96. The Balaban J connectivity index is 1.30. The lowest BCUT2D eigenvalue weighted by Crippen LogP contribution is -2.51. The summed E-state index contributed by atoms with van der Waals surface area (Å²) >= 11 is 1.67. The number of piperidine rings is 2. The van der Waals surface area contributed by atoms with Crippen molar-refractivity contribution >= 4 is 35.0 Å². The van der Waals surface area contributed by atoms with E-state index in [1.807, 2.05) is 37.5 Å². The Morgan fingerprint density at radius 1 is 1.02 bits per heavy atom. The third-order valence-corrected chi connectivity index (χ3v) is 11.4. The van der Waals surface area contributed by atoms with Gasteiger partial charge in [0.05, 0.1) is 17.1 Å². The molecule has 4 amide bonds. The van der Waals surface area contributed by atoms with Crippen LogP contribution >= 0.6 is 11.3 Å². The van der Waals surface area contributed by atoms with Gasteiger partial charge in [0.1, 0.15) is 6.04 Å². The molecule has 6 heterocycles. The van der Waals surface area contributed by atoms with Gasteiger partial charge in [-0.25, -0.2) is 4.98 Å². The summed E-state index contributed by atoms with van der Waals surface area (Å²) in [5.74, 6) is 0.178. The zero-order chi connectivity index (χ0) is 33.7. The van der Waals surface area contributed by atoms with E-state index < -0.39 is 6.04 Å². The molecular formula is C35H57N7O4S. The zero-order valence-electron chi connectivity index (χ0n) is 29.2. The highest BCUT2D eigenvalue weighted by Crippen LogP contribution is 2.34. The van der Waals surface area contributed by atoms with Crippen molar-refractivity contribution < 1.29 is 19.2 Å². The number of unbranched alkanes of at least 4 members (excludes halogenated alkanes) is 1. The largest absolute Gasteiger partial charge is 0.356 e. The number of fused-ring (bicyclic) bond motifs is 7. The number of nitrogens with one attached hydrogen (secondary N) is 3. The number of rotatable bonds is 8. The Labute approximate surface area is 285 Å². The Bertz CT molecular complexity index is 1260. The fourth-order valence-electron chi connectivity index (χ4n) is 7.59. The molecule has 0 aromatic carbocycles. The molecule has 3 atom stereocenters. The normalized spacial score (nSPS) is 26.9. The molecule has 0 unspecified atom stereocenters. The van der Waals surface area contributed by atoms with Crippen LogP contribution in [0.2, 0.25) is 0 Å². The number of aryl methyl sites for hydroxylation is 1. The van der Waals surface area contributed by atoms with Crippen molar-refractivity contribution in [1.29, 1.82) is 0 Å². The minimum absolute atomic E-state index is 0.0429. The Hall–Kier alpha value is -2.57. The number of aromatic nitrogens is 1. The maximum absolute atomic E-state index is 14.1. The SMILES string of the molecule is Cc1sc2nc1CC(=O)N[C@@H](CCCCNC(=O)CC(C)(C)C)CC(=O)N1C[C@@H](NC3CCN(C)CC3)C[C@H]1C(=O)N1CCC2CC1. The van der Waals surface area contributed by atoms with E-state index in [1.54, 1.807) is 11.3 Å². The van der Waals surface area contributed by atoms with Gasteiger partial charge in [-0.15, -0.1) is 11.3 Å². The van der Waals surface area contributed by atoms with Crippen LogP contribution in [-0.4, -0.2) is 114 Å². The van der Waals surface area contributed by atoms with Gasteiger partial charge in [-0.1, -0.05) is 20.8 Å². The lowest BCUT2D eigenvalue weighted by Gasteiger charge is -2.35. The van der Waals surface area contributed by atoms with Crippen molar-refractivity contribution in [2.24, 2.45) is 5.41 Å². The maximum Gasteiger partial charge on any atom is 0.245 e. The van der Waals surface area contributed by atoms with Crippen molar-refractivity contribution in [3.63, 3.8) is 0 Å². The molecule has 1 aromatic rings. The average molecular weight is 672 g/mol. The van der Waals surface area contributed by atoms with Crippen molar-refractivity contribution in [1.82, 2.24) is 35.6 Å². The molecule has 262 valence electrons. The molecule has 0 saturated carbocycles. The van der Waals surface area contributed by atoms with Gasteiger partial charge in [0.15, 0.2) is 0 Å². The monoisotopic (exact) mass is 671 g/mol. The smallest absolute Gasteiger partial charge is 0.245 e. The molecule has 5 aliphatic heterocycles. The Morgan fingerprint density at radius 2 is 1.74 bits per heavy atom. The summed E-state index contributed by atoms with van der Waals surface area (Å²) < 4.78 is 0. The maximum atomic E-state index is 14.1. The summed E-state index contributed by atoms with van der Waals surface area (Å²) in [4.78, 5) is 66.0. The quantitative estimate of drug-likeness (QED) is 0.363. The van der Waals surface area contributed by atoms with E-state index in [1.165, 1.54) is 0 Å². The van der Waals surface area contributed by atoms with Gasteiger partial charge < -0.3 is 30.7 Å². The van der Waals surface area contributed by atoms with Crippen LogP contribution in [0.5, 0.6) is 0 Å². The molecule has 47 heavy (non-hydrogen) atoms. The van der Waals surface area contributed by atoms with Gasteiger partial charge in [-0.3, -0.25) is 19.2 Å². The van der Waals surface area contributed by atoms with Gasteiger partial charge >= 0.3 is 0 Å². The van der Waals surface area contributed by atoms with E-state index >= 15 is 0 Å². The Morgan fingerprint density at radius 3 is 2.45 bits per heavy atom. The number of hydrogen-bond donors (Lipinski definition) is 3. The van der Waals surface area contributed by atoms with Crippen molar-refractivity contribution in [3.8, 4) is 0 Å². The molecule has 12 heteroatoms. The van der Waals surface area contributed by atoms with Crippen LogP contribution in [0.1, 0.15) is 106 Å². The molecular weight excluding hydrogens is 614 g/mol. The van der Waals surface area contributed by atoms with Crippen LogP contribution in [-0.2, 0) is 25.6 Å². The summed E-state index contributed by atoms with van der Waals surface area (Å²) in [6, 6.07) is -0.386. The Kier molecular flexibility index (Phi) is 12.0. The fourth-order valence-corrected chi connectivity index (χ4v) is 8.70. The minimum Gasteiger partial charge on any atom is -0.356 e. The number of nitrogens with zero attached hydrogens (tertiary/aromatic N) is 4. The van der Waals surface area contributed by atoms with Crippen molar-refractivity contribution in [2.75, 3.05) is 46.3 Å². The fraction of sp³-hybridized carbons (Fsp3) is 0.800. The van der Waals surface area contributed by atoms with E-state index in [9.17, 15) is 19.2 Å². The molecule has 5 aliphatic rings. The van der Waals surface area contributed by atoms with Crippen LogP contribution in [0.25, 0.3) is 0 Å². The number of thiazole rings is 1. The first-order valence-corrected chi connectivity index (χ1v) is 18.7. The molecule has 3 N–H and O–H groups in total. The van der Waals surface area contributed by atoms with Gasteiger partial charge in [0.25, 0.3) is 0 Å². The summed E-state index contributed by atoms with van der Waals surface area (Å²) in [5, 5.41) is 11.0. The van der Waals surface area contributed by atoms with Crippen LogP contribution in [0.4, 0.5) is 0 Å². The molecule has 4 bridgehead atoms. The number of carbonyl (C=O) groups excluding carboxylic acids is 4. The van der Waals surface area contributed by atoms with Crippen LogP contribution in [0, 0.1) is 12.3 Å². The number of hydrogen-bond acceptors (Lipinski definition) is 8. The van der Waals surface area contributed by atoms with Gasteiger partial charge in [0.2, 0.25) is 23.6 Å². The van der Waals surface area contributed by atoms with Gasteiger partial charge in [-0.05, 0) is 83.8 Å². The van der Waals surface area contributed by atoms with E-state index in [-0.39, 0.29) is 59.9 Å². The van der Waals surface area contributed by atoms with Gasteiger partial charge in [-0.2, -0.15) is 0 Å². The number of amides is 4. The molecule has 3 saturated heterocycles. The second-order valence-corrected chi connectivity index (χ2v) is 16.9. The van der Waals surface area contributed by atoms with Crippen LogP contribution in [0.3, 0.4) is 0 Å². The third kappa shape index (κ3) is 9.98. The second-order valence-electron chi connectivity index (χ2n) is 15.6. The van der Waals surface area contributed by atoms with Crippen molar-refractivity contribution in [3.05, 3.63) is 15.6 Å². The second kappa shape index (κ2) is 15.8. The number of likely N-dealkylation sites (tertiary alicyclic amines) is 1. The molecule has 0 aliphatic carbocycles. The molecule has 6 rings (SSSR count). The first-order chi connectivity index (χ1) is 22.3.